The van der Waals surface area contributed by atoms with Gasteiger partial charge < -0.3 is 19.5 Å². The topological polar surface area (TPSA) is 67.7 Å². The smallest absolute Gasteiger partial charge is 0.141 e. The Kier molecular flexibility index (Phi) is 4.97. The molecule has 1 aliphatic heterocycles. The molecule has 0 aliphatic carbocycles. The van der Waals surface area contributed by atoms with Crippen LogP contribution in [0.25, 0.3) is 22.0 Å². The van der Waals surface area contributed by atoms with Crippen molar-refractivity contribution in [2.24, 2.45) is 0 Å². The highest BCUT2D eigenvalue weighted by Gasteiger charge is 2.38. The van der Waals surface area contributed by atoms with Crippen molar-refractivity contribution < 1.29 is 14.6 Å². The minimum absolute atomic E-state index is 0.353. The van der Waals surface area contributed by atoms with E-state index in [0.717, 1.165) is 22.3 Å². The number of methoxy groups -OCH3 is 2. The first-order chi connectivity index (χ1) is 13.7. The van der Waals surface area contributed by atoms with Gasteiger partial charge in [-0.15, -0.1) is 0 Å². The molecule has 8 heteroatoms. The number of β-amino-alcohol motifs (C(OH)–C–C–N with tert-alkyl or cyclic N) is 1. The third-order valence-electron chi connectivity index (χ3n) is 5.02. The number of hydrogen-bond donors (Lipinski definition) is 1. The molecule has 1 aromatic carbocycles. The first-order valence-corrected chi connectivity index (χ1v) is 9.85. The van der Waals surface area contributed by atoms with Gasteiger partial charge in [0.15, 0.2) is 0 Å². The standard InChI is InChI=1S/C21H21Cl2N3O3/c1-11-5-13-12(8-24-11)6-14(25-20(13)26-9-21(2,27)10-26)17-18(22)15(28-3)7-16(29-4)19(17)23/h5-8,27H,9-10H2,1-4H3. The third kappa shape index (κ3) is 3.45. The summed E-state index contributed by atoms with van der Waals surface area (Å²) < 4.78 is 10.8. The van der Waals surface area contributed by atoms with Crippen molar-refractivity contribution >= 4 is 39.8 Å². The maximum absolute atomic E-state index is 10.2. The average Bonchev–Trinajstić information content (AvgIpc) is 2.66. The van der Waals surface area contributed by atoms with Gasteiger partial charge in [-0.05, 0) is 26.0 Å². The van der Waals surface area contributed by atoms with Crippen LogP contribution in [0.3, 0.4) is 0 Å². The highest BCUT2D eigenvalue weighted by atomic mass is 35.5. The van der Waals surface area contributed by atoms with Crippen LogP contribution in [0.15, 0.2) is 24.4 Å². The van der Waals surface area contributed by atoms with Crippen molar-refractivity contribution in [1.82, 2.24) is 9.97 Å². The number of fused-ring (bicyclic) bond motifs is 1. The van der Waals surface area contributed by atoms with Gasteiger partial charge in [0, 0.05) is 47.4 Å². The summed E-state index contributed by atoms with van der Waals surface area (Å²) in [5.74, 6) is 1.64. The van der Waals surface area contributed by atoms with Crippen LogP contribution in [0, 0.1) is 6.92 Å². The quantitative estimate of drug-likeness (QED) is 0.652. The van der Waals surface area contributed by atoms with Crippen molar-refractivity contribution in [3.8, 4) is 22.8 Å². The molecule has 2 aromatic heterocycles. The maximum Gasteiger partial charge on any atom is 0.141 e. The summed E-state index contributed by atoms with van der Waals surface area (Å²) in [6, 6.07) is 5.53. The number of aliphatic hydroxyl groups is 1. The highest BCUT2D eigenvalue weighted by molar-refractivity contribution is 6.41. The molecule has 0 atom stereocenters. The molecule has 152 valence electrons. The predicted octanol–water partition coefficient (Wildman–Crippen LogP) is 4.50. The van der Waals surface area contributed by atoms with E-state index in [1.165, 1.54) is 14.2 Å². The van der Waals surface area contributed by atoms with Crippen LogP contribution in [0.4, 0.5) is 5.82 Å². The van der Waals surface area contributed by atoms with E-state index in [1.807, 2.05) is 30.9 Å². The number of anilines is 1. The molecule has 1 aliphatic rings. The van der Waals surface area contributed by atoms with E-state index in [4.69, 9.17) is 37.7 Å². The van der Waals surface area contributed by atoms with Crippen molar-refractivity contribution in [2.45, 2.75) is 19.4 Å². The van der Waals surface area contributed by atoms with Crippen LogP contribution in [-0.4, -0.2) is 48.0 Å². The van der Waals surface area contributed by atoms with Gasteiger partial charge in [-0.25, -0.2) is 4.98 Å². The average molecular weight is 434 g/mol. The zero-order chi connectivity index (χ0) is 20.9. The SMILES string of the molecule is COc1cc(OC)c(Cl)c(-c2cc3cnc(C)cc3c(N3CC(C)(O)C3)n2)c1Cl. The number of pyridine rings is 2. The fourth-order valence-electron chi connectivity index (χ4n) is 3.64. The van der Waals surface area contributed by atoms with E-state index in [9.17, 15) is 5.11 Å². The normalized spacial score (nSPS) is 15.3. The Labute approximate surface area is 179 Å². The Morgan fingerprint density at radius 2 is 1.69 bits per heavy atom. The lowest BCUT2D eigenvalue weighted by Crippen LogP contribution is -2.60. The molecular formula is C21H21Cl2N3O3. The summed E-state index contributed by atoms with van der Waals surface area (Å²) in [5.41, 5.74) is 1.26. The zero-order valence-electron chi connectivity index (χ0n) is 16.6. The lowest BCUT2D eigenvalue weighted by atomic mass is 9.96. The molecule has 1 saturated heterocycles. The van der Waals surface area contributed by atoms with Crippen molar-refractivity contribution in [3.05, 3.63) is 40.1 Å². The Hall–Kier alpha value is -2.28. The Morgan fingerprint density at radius 3 is 2.24 bits per heavy atom. The third-order valence-corrected chi connectivity index (χ3v) is 5.77. The number of nitrogens with zero attached hydrogens (tertiary/aromatic N) is 3. The number of ether oxygens (including phenoxy) is 2. The van der Waals surface area contributed by atoms with E-state index in [1.54, 1.807) is 12.3 Å². The zero-order valence-corrected chi connectivity index (χ0v) is 18.1. The van der Waals surface area contributed by atoms with E-state index in [-0.39, 0.29) is 0 Å². The Balaban J connectivity index is 1.98. The van der Waals surface area contributed by atoms with Crippen molar-refractivity contribution in [2.75, 3.05) is 32.2 Å². The molecule has 0 bridgehead atoms. The predicted molar refractivity (Wildman–Crippen MR) is 116 cm³/mol. The van der Waals surface area contributed by atoms with Gasteiger partial charge in [-0.2, -0.15) is 0 Å². The minimum Gasteiger partial charge on any atom is -0.495 e. The van der Waals surface area contributed by atoms with Crippen LogP contribution < -0.4 is 14.4 Å². The molecule has 6 nitrogen and oxygen atoms in total. The molecule has 0 saturated carbocycles. The van der Waals surface area contributed by atoms with Gasteiger partial charge in [0.1, 0.15) is 17.3 Å². The van der Waals surface area contributed by atoms with E-state index >= 15 is 0 Å². The fraction of sp³-hybridized carbons (Fsp3) is 0.333. The largest absolute Gasteiger partial charge is 0.495 e. The second-order valence-corrected chi connectivity index (χ2v) is 8.27. The van der Waals surface area contributed by atoms with Crippen LogP contribution >= 0.6 is 23.2 Å². The number of hydrogen-bond acceptors (Lipinski definition) is 6. The van der Waals surface area contributed by atoms with Crippen molar-refractivity contribution in [1.29, 1.82) is 0 Å². The summed E-state index contributed by atoms with van der Waals surface area (Å²) in [7, 11) is 3.07. The molecule has 0 unspecified atom stereocenters. The second kappa shape index (κ2) is 7.20. The fourth-order valence-corrected chi connectivity index (χ4v) is 4.33. The lowest BCUT2D eigenvalue weighted by molar-refractivity contribution is 0.0307. The van der Waals surface area contributed by atoms with Gasteiger partial charge >= 0.3 is 0 Å². The molecule has 29 heavy (non-hydrogen) atoms. The number of halogens is 2. The second-order valence-electron chi connectivity index (χ2n) is 7.51. The molecule has 0 spiro atoms. The van der Waals surface area contributed by atoms with Crippen LogP contribution in [0.2, 0.25) is 10.0 Å². The number of aryl methyl sites for hydroxylation is 1. The molecule has 0 radical (unpaired) electrons. The number of benzene rings is 1. The monoisotopic (exact) mass is 433 g/mol. The van der Waals surface area contributed by atoms with Crippen LogP contribution in [0.1, 0.15) is 12.6 Å². The molecular weight excluding hydrogens is 413 g/mol. The van der Waals surface area contributed by atoms with Gasteiger partial charge in [-0.1, -0.05) is 23.2 Å². The molecule has 4 rings (SSSR count). The van der Waals surface area contributed by atoms with Gasteiger partial charge in [-0.3, -0.25) is 4.98 Å². The van der Waals surface area contributed by atoms with Crippen LogP contribution in [0.5, 0.6) is 11.5 Å². The maximum atomic E-state index is 10.2. The summed E-state index contributed by atoms with van der Waals surface area (Å²) in [6.07, 6.45) is 1.80. The Bertz CT molecular complexity index is 1080. The Morgan fingerprint density at radius 1 is 1.07 bits per heavy atom. The van der Waals surface area contributed by atoms with E-state index in [2.05, 4.69) is 4.98 Å². The summed E-state index contributed by atoms with van der Waals surface area (Å²) in [4.78, 5) is 11.3. The van der Waals surface area contributed by atoms with Gasteiger partial charge in [0.05, 0.1) is 35.6 Å². The first-order valence-electron chi connectivity index (χ1n) is 9.09. The number of aromatic nitrogens is 2. The van der Waals surface area contributed by atoms with E-state index < -0.39 is 5.60 Å². The first kappa shape index (κ1) is 20.0. The molecule has 3 aromatic rings. The summed E-state index contributed by atoms with van der Waals surface area (Å²) in [5, 5.41) is 12.8. The summed E-state index contributed by atoms with van der Waals surface area (Å²) in [6.45, 7) is 4.72. The lowest BCUT2D eigenvalue weighted by Gasteiger charge is -2.45. The van der Waals surface area contributed by atoms with Gasteiger partial charge in [0.25, 0.3) is 0 Å². The molecule has 3 heterocycles. The molecule has 1 fully saturated rings. The number of rotatable bonds is 4. The van der Waals surface area contributed by atoms with Crippen molar-refractivity contribution in [3.63, 3.8) is 0 Å². The molecule has 1 N–H and O–H groups in total. The van der Waals surface area contributed by atoms with Gasteiger partial charge in [0.2, 0.25) is 0 Å². The van der Waals surface area contributed by atoms with E-state index in [0.29, 0.717) is 45.9 Å². The van der Waals surface area contributed by atoms with Crippen LogP contribution in [-0.2, 0) is 0 Å². The summed E-state index contributed by atoms with van der Waals surface area (Å²) >= 11 is 13.2. The molecule has 0 amide bonds. The minimum atomic E-state index is -0.736. The highest BCUT2D eigenvalue weighted by Crippen LogP contribution is 2.46.